The van der Waals surface area contributed by atoms with Crippen LogP contribution >= 0.6 is 0 Å². The predicted molar refractivity (Wildman–Crippen MR) is 123 cm³/mol. The summed E-state index contributed by atoms with van der Waals surface area (Å²) in [6.45, 7) is 1.61. The van der Waals surface area contributed by atoms with Crippen molar-refractivity contribution in [2.24, 2.45) is 5.92 Å². The van der Waals surface area contributed by atoms with Crippen LogP contribution in [0.1, 0.15) is 42.6 Å². The molecule has 0 aromatic carbocycles. The van der Waals surface area contributed by atoms with E-state index in [2.05, 4.69) is 20.5 Å². The molecule has 2 aromatic heterocycles. The number of nitrogens with one attached hydrogen (secondary N) is 2. The zero-order chi connectivity index (χ0) is 24.7. The third-order valence-electron chi connectivity index (χ3n) is 7.53. The van der Waals surface area contributed by atoms with Gasteiger partial charge in [-0.05, 0) is 45.2 Å². The number of H-pyrrole nitrogens is 1. The average molecular weight is 489 g/mol. The number of aromatic nitrogens is 3. The molecule has 0 radical (unpaired) electrons. The number of carbonyl (C=O) groups is 2. The minimum Gasteiger partial charge on any atom is -0.481 e. The van der Waals surface area contributed by atoms with E-state index in [0.29, 0.717) is 44.6 Å². The van der Waals surface area contributed by atoms with Crippen molar-refractivity contribution in [3.05, 3.63) is 29.8 Å². The third kappa shape index (κ3) is 4.61. The van der Waals surface area contributed by atoms with E-state index >= 15 is 0 Å². The number of pyridine rings is 1. The largest absolute Gasteiger partial charge is 0.481 e. The molecule has 1 spiro atoms. The molecule has 4 heterocycles. The molecule has 35 heavy (non-hydrogen) atoms. The van der Waals surface area contributed by atoms with E-state index in [4.69, 9.17) is 4.74 Å². The number of likely N-dealkylation sites (N-methyl/N-ethyl adjacent to an activating group) is 1. The van der Waals surface area contributed by atoms with E-state index in [-0.39, 0.29) is 40.4 Å². The summed E-state index contributed by atoms with van der Waals surface area (Å²) in [4.78, 5) is 33.9. The molecule has 1 saturated carbocycles. The number of carbonyl (C=O) groups excluding carboxylic acids is 2. The van der Waals surface area contributed by atoms with Gasteiger partial charge in [0.25, 0.3) is 5.91 Å². The quantitative estimate of drug-likeness (QED) is 0.669. The lowest BCUT2D eigenvalue weighted by molar-refractivity contribution is -0.129. The van der Waals surface area contributed by atoms with Crippen LogP contribution in [0.5, 0.6) is 5.88 Å². The van der Waals surface area contributed by atoms with Gasteiger partial charge < -0.3 is 19.9 Å². The Morgan fingerprint density at radius 1 is 1.26 bits per heavy atom. The fraction of sp³-hybridized carbons (Fsp3) is 0.583. The minimum atomic E-state index is -1.04. The van der Waals surface area contributed by atoms with Crippen LogP contribution in [0.4, 0.5) is 8.78 Å². The van der Waals surface area contributed by atoms with Crippen LogP contribution in [0.15, 0.2) is 18.3 Å². The molecule has 188 valence electrons. The lowest BCUT2D eigenvalue weighted by atomic mass is 9.87. The van der Waals surface area contributed by atoms with Gasteiger partial charge in [-0.1, -0.05) is 0 Å². The maximum atomic E-state index is 14.3. The van der Waals surface area contributed by atoms with Crippen LogP contribution in [0.2, 0.25) is 0 Å². The number of rotatable bonds is 5. The number of nitrogens with zero attached hydrogens (tertiary/aromatic N) is 4. The number of halogens is 2. The first-order chi connectivity index (χ1) is 16.8. The SMILES string of the molecule is COc1cc(-c2cc(C(=O)N3CC[C@H](C(=O)N[C@@H]4CN(C)CC[C@H]4F)CC34CC4)n[nH]2)c(F)cn1. The highest BCUT2D eigenvalue weighted by Gasteiger charge is 2.55. The van der Waals surface area contributed by atoms with Crippen LogP contribution in [0.25, 0.3) is 11.3 Å². The molecule has 0 unspecified atom stereocenters. The van der Waals surface area contributed by atoms with Crippen LogP contribution < -0.4 is 10.1 Å². The molecule has 2 saturated heterocycles. The van der Waals surface area contributed by atoms with Crippen LogP contribution in [0, 0.1) is 11.7 Å². The number of aromatic amines is 1. The fourth-order valence-electron chi connectivity index (χ4n) is 5.32. The second-order valence-electron chi connectivity index (χ2n) is 9.93. The Bertz CT molecular complexity index is 1120. The van der Waals surface area contributed by atoms with E-state index in [1.54, 1.807) is 4.90 Å². The lowest BCUT2D eigenvalue weighted by Gasteiger charge is -2.40. The molecular weight excluding hydrogens is 458 g/mol. The van der Waals surface area contributed by atoms with E-state index in [9.17, 15) is 18.4 Å². The number of hydrogen-bond acceptors (Lipinski definition) is 6. The summed E-state index contributed by atoms with van der Waals surface area (Å²) >= 11 is 0. The number of amides is 2. The number of hydrogen-bond donors (Lipinski definition) is 2. The van der Waals surface area contributed by atoms with Gasteiger partial charge in [-0.3, -0.25) is 14.7 Å². The predicted octanol–water partition coefficient (Wildman–Crippen LogP) is 2.16. The van der Waals surface area contributed by atoms with E-state index in [1.165, 1.54) is 19.2 Å². The second kappa shape index (κ2) is 9.18. The summed E-state index contributed by atoms with van der Waals surface area (Å²) < 4.78 is 33.7. The minimum absolute atomic E-state index is 0.129. The Labute approximate surface area is 202 Å². The van der Waals surface area contributed by atoms with Crippen LogP contribution in [0.3, 0.4) is 0 Å². The highest BCUT2D eigenvalue weighted by molar-refractivity contribution is 5.94. The third-order valence-corrected chi connectivity index (χ3v) is 7.53. The van der Waals surface area contributed by atoms with Crippen molar-refractivity contribution in [1.82, 2.24) is 30.3 Å². The molecule has 2 N–H and O–H groups in total. The molecule has 9 nitrogen and oxygen atoms in total. The van der Waals surface area contributed by atoms with Gasteiger partial charge in [-0.2, -0.15) is 5.10 Å². The highest BCUT2D eigenvalue weighted by Crippen LogP contribution is 2.50. The summed E-state index contributed by atoms with van der Waals surface area (Å²) in [5, 5.41) is 9.79. The Morgan fingerprint density at radius 2 is 2.06 bits per heavy atom. The molecular formula is C24H30F2N6O3. The van der Waals surface area contributed by atoms with Gasteiger partial charge in [0.05, 0.1) is 25.0 Å². The fourth-order valence-corrected chi connectivity index (χ4v) is 5.32. The van der Waals surface area contributed by atoms with Gasteiger partial charge in [0, 0.05) is 42.7 Å². The summed E-state index contributed by atoms with van der Waals surface area (Å²) in [6, 6.07) is 2.47. The summed E-state index contributed by atoms with van der Waals surface area (Å²) in [6.07, 6.45) is 3.12. The molecule has 3 aliphatic rings. The molecule has 2 amide bonds. The topological polar surface area (TPSA) is 103 Å². The van der Waals surface area contributed by atoms with Gasteiger partial charge in [0.15, 0.2) is 11.5 Å². The van der Waals surface area contributed by atoms with Crippen molar-refractivity contribution < 1.29 is 23.1 Å². The zero-order valence-corrected chi connectivity index (χ0v) is 19.9. The molecule has 5 rings (SSSR count). The van der Waals surface area contributed by atoms with Crippen molar-refractivity contribution in [1.29, 1.82) is 0 Å². The smallest absolute Gasteiger partial charge is 0.274 e. The summed E-state index contributed by atoms with van der Waals surface area (Å²) in [7, 11) is 3.36. The van der Waals surface area contributed by atoms with Crippen LogP contribution in [-0.4, -0.2) is 88.3 Å². The van der Waals surface area contributed by atoms with Gasteiger partial charge >= 0.3 is 0 Å². The molecule has 11 heteroatoms. The Morgan fingerprint density at radius 3 is 2.80 bits per heavy atom. The first-order valence-corrected chi connectivity index (χ1v) is 12.0. The molecule has 2 aliphatic heterocycles. The van der Waals surface area contributed by atoms with Crippen molar-refractivity contribution in [2.75, 3.05) is 33.8 Å². The monoisotopic (exact) mass is 488 g/mol. The van der Waals surface area contributed by atoms with Crippen molar-refractivity contribution in [3.8, 4) is 17.1 Å². The first kappa shape index (κ1) is 23.7. The second-order valence-corrected chi connectivity index (χ2v) is 9.93. The van der Waals surface area contributed by atoms with E-state index < -0.39 is 18.0 Å². The molecule has 1 aliphatic carbocycles. The Hall–Kier alpha value is -3.08. The summed E-state index contributed by atoms with van der Waals surface area (Å²) in [5.74, 6) is -0.939. The average Bonchev–Trinajstić information content (AvgIpc) is 3.42. The first-order valence-electron chi connectivity index (χ1n) is 12.0. The van der Waals surface area contributed by atoms with Crippen molar-refractivity contribution in [2.45, 2.75) is 49.9 Å². The number of alkyl halides is 1. The van der Waals surface area contributed by atoms with Gasteiger partial charge in [0.1, 0.15) is 6.17 Å². The van der Waals surface area contributed by atoms with E-state index in [0.717, 1.165) is 19.0 Å². The van der Waals surface area contributed by atoms with Crippen LogP contribution in [-0.2, 0) is 4.79 Å². The lowest BCUT2D eigenvalue weighted by Crippen LogP contribution is -2.56. The van der Waals surface area contributed by atoms with Crippen molar-refractivity contribution in [3.63, 3.8) is 0 Å². The standard InChI is InChI=1S/C24H30F2N6O3/c1-31-7-4-16(25)20(13-31)28-22(33)14-3-8-32(24(11-14)5-6-24)23(34)19-10-18(29-30-19)15-9-21(35-2)27-12-17(15)26/h9-10,12,14,16,20H,3-8,11,13H2,1-2H3,(H,28,33)(H,29,30)/t14-,16+,20+/m0/s1. The zero-order valence-electron chi connectivity index (χ0n) is 19.9. The summed E-state index contributed by atoms with van der Waals surface area (Å²) in [5.41, 5.74) is 0.373. The molecule has 3 atom stereocenters. The Kier molecular flexibility index (Phi) is 6.20. The van der Waals surface area contributed by atoms with Gasteiger partial charge in [-0.15, -0.1) is 0 Å². The van der Waals surface area contributed by atoms with Gasteiger partial charge in [0.2, 0.25) is 11.8 Å². The number of piperidine rings is 2. The number of likely N-dealkylation sites (tertiary alicyclic amines) is 2. The number of methoxy groups -OCH3 is 1. The molecule has 0 bridgehead atoms. The number of ether oxygens (including phenoxy) is 1. The van der Waals surface area contributed by atoms with E-state index in [1.807, 2.05) is 11.9 Å². The maximum Gasteiger partial charge on any atom is 0.274 e. The Balaban J connectivity index is 1.26. The van der Waals surface area contributed by atoms with Gasteiger partial charge in [-0.25, -0.2) is 13.8 Å². The molecule has 2 aromatic rings. The molecule has 3 fully saturated rings. The maximum absolute atomic E-state index is 14.3. The van der Waals surface area contributed by atoms with Crippen molar-refractivity contribution >= 4 is 11.8 Å². The normalized spacial score (nSPS) is 25.9. The highest BCUT2D eigenvalue weighted by atomic mass is 19.1.